The van der Waals surface area contributed by atoms with Gasteiger partial charge in [-0.2, -0.15) is 0 Å². The highest BCUT2D eigenvalue weighted by molar-refractivity contribution is 7.13. The molecule has 2 aromatic heterocycles. The molecule has 3 heterocycles. The molecule has 2 aliphatic carbocycles. The minimum Gasteiger partial charge on any atom is -0.464 e. The number of fused-ring (bicyclic) bond motifs is 5. The average molecular weight is 397 g/mol. The molecule has 5 rings (SSSR count). The lowest BCUT2D eigenvalue weighted by atomic mass is 9.85. The van der Waals surface area contributed by atoms with Gasteiger partial charge in [0, 0.05) is 11.6 Å². The standard InChI is InChI=1S/C20H19N3O4S/c1-10-2-5-14(27-10)13(9-15(24)22-20-21-6-7-28-20)23-18(25)16-11-3-4-12(8-11)17(16)19(23)26/h2-7,11-13,16-17H,8-9H2,1H3,(H,21,22,24). The summed E-state index contributed by atoms with van der Waals surface area (Å²) in [5.41, 5.74) is 0. The number of furan rings is 1. The van der Waals surface area contributed by atoms with Crippen LogP contribution in [0.4, 0.5) is 5.13 Å². The van der Waals surface area contributed by atoms with Gasteiger partial charge in [-0.15, -0.1) is 11.3 Å². The Bertz CT molecular complexity index is 950. The first-order valence-corrected chi connectivity index (χ1v) is 10.2. The van der Waals surface area contributed by atoms with Gasteiger partial charge in [0.15, 0.2) is 5.13 Å². The second kappa shape index (κ2) is 6.41. The van der Waals surface area contributed by atoms with E-state index in [1.165, 1.54) is 16.2 Å². The van der Waals surface area contributed by atoms with E-state index in [4.69, 9.17) is 4.42 Å². The first-order valence-electron chi connectivity index (χ1n) is 9.34. The molecule has 1 saturated carbocycles. The van der Waals surface area contributed by atoms with Crippen molar-refractivity contribution in [2.24, 2.45) is 23.7 Å². The summed E-state index contributed by atoms with van der Waals surface area (Å²) in [4.78, 5) is 44.3. The molecule has 8 heteroatoms. The van der Waals surface area contributed by atoms with E-state index in [-0.39, 0.29) is 47.8 Å². The van der Waals surface area contributed by atoms with Gasteiger partial charge in [0.2, 0.25) is 17.7 Å². The second-order valence-corrected chi connectivity index (χ2v) is 8.49. The van der Waals surface area contributed by atoms with E-state index in [9.17, 15) is 14.4 Å². The van der Waals surface area contributed by atoms with Crippen molar-refractivity contribution in [2.75, 3.05) is 5.32 Å². The molecule has 2 fully saturated rings. The van der Waals surface area contributed by atoms with Crippen LogP contribution in [0.2, 0.25) is 0 Å². The van der Waals surface area contributed by atoms with Crippen LogP contribution in [0.3, 0.4) is 0 Å². The molecular formula is C20H19N3O4S. The molecular weight excluding hydrogens is 378 g/mol. The Morgan fingerprint density at radius 2 is 2.00 bits per heavy atom. The van der Waals surface area contributed by atoms with Crippen LogP contribution in [0.15, 0.2) is 40.3 Å². The van der Waals surface area contributed by atoms with Crippen molar-refractivity contribution in [2.45, 2.75) is 25.8 Å². The Hall–Kier alpha value is -2.74. The number of hydrogen-bond acceptors (Lipinski definition) is 6. The van der Waals surface area contributed by atoms with E-state index in [0.29, 0.717) is 16.7 Å². The fraction of sp³-hybridized carbons (Fsp3) is 0.400. The van der Waals surface area contributed by atoms with E-state index >= 15 is 0 Å². The zero-order chi connectivity index (χ0) is 19.4. The minimum atomic E-state index is -0.751. The predicted octanol–water partition coefficient (Wildman–Crippen LogP) is 2.92. The Morgan fingerprint density at radius 1 is 1.29 bits per heavy atom. The maximum atomic E-state index is 13.2. The Kier molecular flexibility index (Phi) is 3.97. The smallest absolute Gasteiger partial charge is 0.234 e. The summed E-state index contributed by atoms with van der Waals surface area (Å²) in [5.74, 6) is 0.0779. The lowest BCUT2D eigenvalue weighted by Crippen LogP contribution is -2.38. The van der Waals surface area contributed by atoms with Crippen molar-refractivity contribution in [3.8, 4) is 0 Å². The van der Waals surface area contributed by atoms with Gasteiger partial charge in [0.05, 0.1) is 18.3 Å². The molecule has 0 spiro atoms. The normalized spacial score (nSPS) is 28.8. The number of hydrogen-bond donors (Lipinski definition) is 1. The highest BCUT2D eigenvalue weighted by Crippen LogP contribution is 2.54. The number of carbonyl (C=O) groups excluding carboxylic acids is 3. The number of likely N-dealkylation sites (tertiary alicyclic amines) is 1. The monoisotopic (exact) mass is 397 g/mol. The maximum absolute atomic E-state index is 13.2. The number of nitrogens with one attached hydrogen (secondary N) is 1. The number of nitrogens with zero attached hydrogens (tertiary/aromatic N) is 2. The van der Waals surface area contributed by atoms with E-state index < -0.39 is 6.04 Å². The third kappa shape index (κ3) is 2.63. The summed E-state index contributed by atoms with van der Waals surface area (Å²) in [6, 6.07) is 2.76. The van der Waals surface area contributed by atoms with Gasteiger partial charge in [-0.05, 0) is 37.3 Å². The quantitative estimate of drug-likeness (QED) is 0.619. The van der Waals surface area contributed by atoms with Crippen LogP contribution < -0.4 is 5.32 Å². The molecule has 1 aliphatic heterocycles. The van der Waals surface area contributed by atoms with Crippen LogP contribution in [0, 0.1) is 30.6 Å². The van der Waals surface area contributed by atoms with E-state index in [2.05, 4.69) is 22.5 Å². The van der Waals surface area contributed by atoms with Gasteiger partial charge in [-0.25, -0.2) is 4.98 Å². The molecule has 3 amide bonds. The van der Waals surface area contributed by atoms with Crippen LogP contribution in [-0.4, -0.2) is 27.6 Å². The lowest BCUT2D eigenvalue weighted by molar-refractivity contribution is -0.144. The van der Waals surface area contributed by atoms with E-state index in [1.54, 1.807) is 30.6 Å². The number of thiazole rings is 1. The van der Waals surface area contributed by atoms with Gasteiger partial charge in [-0.3, -0.25) is 19.3 Å². The van der Waals surface area contributed by atoms with E-state index in [1.807, 2.05) is 0 Å². The molecule has 144 valence electrons. The third-order valence-corrected chi connectivity index (χ3v) is 6.65. The van der Waals surface area contributed by atoms with Crippen molar-refractivity contribution >= 4 is 34.2 Å². The van der Waals surface area contributed by atoms with Gasteiger partial charge >= 0.3 is 0 Å². The molecule has 1 N–H and O–H groups in total. The third-order valence-electron chi connectivity index (χ3n) is 5.96. The number of amides is 3. The largest absolute Gasteiger partial charge is 0.464 e. The van der Waals surface area contributed by atoms with Gasteiger partial charge < -0.3 is 9.73 Å². The van der Waals surface area contributed by atoms with Crippen molar-refractivity contribution in [3.05, 3.63) is 47.4 Å². The van der Waals surface area contributed by atoms with Gasteiger partial charge in [0.25, 0.3) is 0 Å². The topological polar surface area (TPSA) is 92.5 Å². The summed E-state index contributed by atoms with van der Waals surface area (Å²) in [6.07, 6.45) is 6.52. The van der Waals surface area contributed by atoms with Crippen molar-refractivity contribution < 1.29 is 18.8 Å². The fourth-order valence-electron chi connectivity index (χ4n) is 4.82. The van der Waals surface area contributed by atoms with Crippen molar-refractivity contribution in [1.82, 2.24) is 9.88 Å². The van der Waals surface area contributed by atoms with Crippen molar-refractivity contribution in [1.29, 1.82) is 0 Å². The maximum Gasteiger partial charge on any atom is 0.234 e. The molecule has 7 nitrogen and oxygen atoms in total. The fourth-order valence-corrected chi connectivity index (χ4v) is 5.36. The number of rotatable bonds is 5. The van der Waals surface area contributed by atoms with Crippen molar-refractivity contribution in [3.63, 3.8) is 0 Å². The Morgan fingerprint density at radius 3 is 2.57 bits per heavy atom. The summed E-state index contributed by atoms with van der Waals surface area (Å²) in [6.45, 7) is 1.79. The molecule has 5 atom stereocenters. The molecule has 5 unspecified atom stereocenters. The van der Waals surface area contributed by atoms with Crippen LogP contribution in [0.25, 0.3) is 0 Å². The molecule has 3 aliphatic rings. The van der Waals surface area contributed by atoms with Crippen LogP contribution in [0.1, 0.15) is 30.4 Å². The number of aryl methyl sites for hydroxylation is 1. The van der Waals surface area contributed by atoms with Crippen LogP contribution in [-0.2, 0) is 14.4 Å². The number of anilines is 1. The summed E-state index contributed by atoms with van der Waals surface area (Å²) >= 11 is 1.31. The molecule has 1 saturated heterocycles. The predicted molar refractivity (Wildman–Crippen MR) is 101 cm³/mol. The number of carbonyl (C=O) groups is 3. The molecule has 0 aromatic carbocycles. The van der Waals surface area contributed by atoms with Crippen LogP contribution in [0.5, 0.6) is 0 Å². The van der Waals surface area contributed by atoms with E-state index in [0.717, 1.165) is 6.42 Å². The highest BCUT2D eigenvalue weighted by Gasteiger charge is 2.60. The second-order valence-electron chi connectivity index (χ2n) is 7.60. The first kappa shape index (κ1) is 17.4. The molecule has 2 aromatic rings. The summed E-state index contributed by atoms with van der Waals surface area (Å²) < 4.78 is 5.73. The number of aromatic nitrogens is 1. The van der Waals surface area contributed by atoms with Crippen LogP contribution >= 0.6 is 11.3 Å². The van der Waals surface area contributed by atoms with Gasteiger partial charge in [0.1, 0.15) is 17.6 Å². The molecule has 28 heavy (non-hydrogen) atoms. The van der Waals surface area contributed by atoms with Gasteiger partial charge in [-0.1, -0.05) is 12.2 Å². The number of allylic oxidation sites excluding steroid dienone is 2. The average Bonchev–Trinajstić information content (AvgIpc) is 3.45. The summed E-state index contributed by atoms with van der Waals surface area (Å²) in [5, 5.41) is 4.98. The molecule has 2 bridgehead atoms. The number of imide groups is 1. The SMILES string of the molecule is Cc1ccc(C(CC(=O)Nc2nccs2)N2C(=O)C3C4C=CC(C4)C3C2=O)o1. The Balaban J connectivity index is 1.44. The first-order chi connectivity index (χ1) is 13.5. The highest BCUT2D eigenvalue weighted by atomic mass is 32.1. The summed E-state index contributed by atoms with van der Waals surface area (Å²) in [7, 11) is 0. The minimum absolute atomic E-state index is 0.0633. The lowest BCUT2D eigenvalue weighted by Gasteiger charge is -2.26. The molecule has 0 radical (unpaired) electrons. The Labute approximate surface area is 165 Å². The zero-order valence-corrected chi connectivity index (χ0v) is 16.0. The zero-order valence-electron chi connectivity index (χ0n) is 15.2.